The standard InChI is InChI=1S/C18H26ClN3O2.2ClH/c19-15-4-6-16(7-5-15)24-14-13-21-9-11-22(12-10-21)18(23)17-3-1-2-8-20-17;;/h4-7,17,20H,1-3,8-14H2;2*1H. The van der Waals surface area contributed by atoms with Crippen molar-refractivity contribution < 1.29 is 9.53 Å². The number of rotatable bonds is 5. The molecule has 0 saturated carbocycles. The van der Waals surface area contributed by atoms with E-state index in [1.54, 1.807) is 0 Å². The number of hydrogen-bond donors (Lipinski definition) is 1. The van der Waals surface area contributed by atoms with Crippen LogP contribution < -0.4 is 10.1 Å². The fourth-order valence-corrected chi connectivity index (χ4v) is 3.42. The maximum atomic E-state index is 12.5. The Morgan fingerprint density at radius 1 is 1.12 bits per heavy atom. The Morgan fingerprint density at radius 3 is 2.42 bits per heavy atom. The van der Waals surface area contributed by atoms with Gasteiger partial charge in [-0.05, 0) is 43.7 Å². The van der Waals surface area contributed by atoms with Crippen LogP contribution in [0.4, 0.5) is 0 Å². The van der Waals surface area contributed by atoms with Gasteiger partial charge >= 0.3 is 0 Å². The molecule has 0 bridgehead atoms. The second-order valence-corrected chi connectivity index (χ2v) is 6.91. The van der Waals surface area contributed by atoms with Crippen molar-refractivity contribution in [1.29, 1.82) is 0 Å². The predicted octanol–water partition coefficient (Wildman–Crippen LogP) is 2.85. The van der Waals surface area contributed by atoms with Gasteiger partial charge in [0.25, 0.3) is 0 Å². The van der Waals surface area contributed by atoms with Crippen molar-refractivity contribution in [1.82, 2.24) is 15.1 Å². The molecular formula is C18H28Cl3N3O2. The number of piperazine rings is 1. The number of halogens is 3. The van der Waals surface area contributed by atoms with Gasteiger partial charge in [0.05, 0.1) is 6.04 Å². The number of nitrogens with zero attached hydrogens (tertiary/aromatic N) is 2. The van der Waals surface area contributed by atoms with E-state index in [0.717, 1.165) is 62.9 Å². The third-order valence-corrected chi connectivity index (χ3v) is 5.03. The van der Waals surface area contributed by atoms with E-state index in [4.69, 9.17) is 16.3 Å². The molecule has 2 heterocycles. The van der Waals surface area contributed by atoms with Crippen LogP contribution in [0, 0.1) is 0 Å². The molecule has 0 radical (unpaired) electrons. The number of carbonyl (C=O) groups excluding carboxylic acids is 1. The van der Waals surface area contributed by atoms with E-state index in [9.17, 15) is 4.79 Å². The summed E-state index contributed by atoms with van der Waals surface area (Å²) in [6, 6.07) is 7.48. The first-order valence-corrected chi connectivity index (χ1v) is 9.23. The third kappa shape index (κ3) is 6.78. The first-order valence-electron chi connectivity index (χ1n) is 8.85. The highest BCUT2D eigenvalue weighted by molar-refractivity contribution is 6.30. The molecule has 1 N–H and O–H groups in total. The minimum absolute atomic E-state index is 0. The highest BCUT2D eigenvalue weighted by Gasteiger charge is 2.28. The van der Waals surface area contributed by atoms with Gasteiger partial charge in [0.1, 0.15) is 12.4 Å². The number of benzene rings is 1. The molecule has 1 aromatic carbocycles. The Hall–Kier alpha value is -0.720. The summed E-state index contributed by atoms with van der Waals surface area (Å²) in [5, 5.41) is 4.07. The van der Waals surface area contributed by atoms with E-state index in [1.165, 1.54) is 6.42 Å². The average molecular weight is 425 g/mol. The lowest BCUT2D eigenvalue weighted by atomic mass is 10.0. The Kier molecular flexibility index (Phi) is 10.7. The zero-order valence-corrected chi connectivity index (χ0v) is 17.3. The second kappa shape index (κ2) is 11.9. The SMILES string of the molecule is Cl.Cl.O=C(C1CCCCN1)N1CCN(CCOc2ccc(Cl)cc2)CC1. The van der Waals surface area contributed by atoms with Gasteiger partial charge in [0.15, 0.2) is 0 Å². The molecule has 8 heteroatoms. The van der Waals surface area contributed by atoms with Crippen LogP contribution in [0.2, 0.25) is 5.02 Å². The van der Waals surface area contributed by atoms with E-state index in [0.29, 0.717) is 6.61 Å². The normalized spacial score (nSPS) is 20.7. The van der Waals surface area contributed by atoms with Crippen molar-refractivity contribution in [3.05, 3.63) is 29.3 Å². The van der Waals surface area contributed by atoms with E-state index >= 15 is 0 Å². The second-order valence-electron chi connectivity index (χ2n) is 6.47. The summed E-state index contributed by atoms with van der Waals surface area (Å²) in [6.07, 6.45) is 3.32. The molecule has 0 aromatic heterocycles. The number of hydrogen-bond acceptors (Lipinski definition) is 4. The molecule has 1 atom stereocenters. The first kappa shape index (κ1) is 23.3. The number of carbonyl (C=O) groups is 1. The third-order valence-electron chi connectivity index (χ3n) is 4.78. The smallest absolute Gasteiger partial charge is 0.239 e. The van der Waals surface area contributed by atoms with E-state index in [2.05, 4.69) is 10.2 Å². The highest BCUT2D eigenvalue weighted by atomic mass is 35.5. The van der Waals surface area contributed by atoms with Crippen LogP contribution in [0.25, 0.3) is 0 Å². The molecule has 5 nitrogen and oxygen atoms in total. The summed E-state index contributed by atoms with van der Waals surface area (Å²) in [6.45, 7) is 5.98. The van der Waals surface area contributed by atoms with Crippen LogP contribution in [0.1, 0.15) is 19.3 Å². The molecule has 2 aliphatic heterocycles. The minimum atomic E-state index is 0. The summed E-state index contributed by atoms with van der Waals surface area (Å²) in [5.74, 6) is 1.13. The Morgan fingerprint density at radius 2 is 1.81 bits per heavy atom. The largest absolute Gasteiger partial charge is 0.492 e. The van der Waals surface area contributed by atoms with Crippen molar-refractivity contribution in [3.8, 4) is 5.75 Å². The van der Waals surface area contributed by atoms with E-state index in [1.807, 2.05) is 29.2 Å². The molecule has 148 valence electrons. The summed E-state index contributed by atoms with van der Waals surface area (Å²) < 4.78 is 5.74. The maximum absolute atomic E-state index is 12.5. The van der Waals surface area contributed by atoms with E-state index < -0.39 is 0 Å². The zero-order valence-electron chi connectivity index (χ0n) is 14.9. The van der Waals surface area contributed by atoms with Gasteiger partial charge < -0.3 is 15.0 Å². The highest BCUT2D eigenvalue weighted by Crippen LogP contribution is 2.16. The van der Waals surface area contributed by atoms with Crippen molar-refractivity contribution in [3.63, 3.8) is 0 Å². The van der Waals surface area contributed by atoms with Crippen molar-refractivity contribution in [2.45, 2.75) is 25.3 Å². The number of nitrogens with one attached hydrogen (secondary N) is 1. The van der Waals surface area contributed by atoms with E-state index in [-0.39, 0.29) is 36.8 Å². The summed E-state index contributed by atoms with van der Waals surface area (Å²) >= 11 is 5.86. The summed E-state index contributed by atoms with van der Waals surface area (Å²) in [4.78, 5) is 16.9. The lowest BCUT2D eigenvalue weighted by Gasteiger charge is -2.37. The zero-order chi connectivity index (χ0) is 16.8. The fraction of sp³-hybridized carbons (Fsp3) is 0.611. The van der Waals surface area contributed by atoms with Crippen LogP contribution in [0.5, 0.6) is 5.75 Å². The predicted molar refractivity (Wildman–Crippen MR) is 110 cm³/mol. The summed E-state index contributed by atoms with van der Waals surface area (Å²) in [7, 11) is 0. The van der Waals surface area contributed by atoms with Gasteiger partial charge in [0.2, 0.25) is 5.91 Å². The van der Waals surface area contributed by atoms with Gasteiger partial charge in [-0.25, -0.2) is 0 Å². The molecule has 1 aromatic rings. The molecule has 2 saturated heterocycles. The number of ether oxygens (including phenoxy) is 1. The molecule has 2 fully saturated rings. The van der Waals surface area contributed by atoms with Crippen molar-refractivity contribution in [2.75, 3.05) is 45.9 Å². The molecule has 3 rings (SSSR count). The van der Waals surface area contributed by atoms with Crippen LogP contribution in [0.3, 0.4) is 0 Å². The molecule has 1 unspecified atom stereocenters. The molecular weight excluding hydrogens is 397 g/mol. The van der Waals surface area contributed by atoms with Crippen LogP contribution >= 0.6 is 36.4 Å². The Labute approximate surface area is 173 Å². The van der Waals surface area contributed by atoms with Crippen LogP contribution in [-0.2, 0) is 4.79 Å². The van der Waals surface area contributed by atoms with Crippen LogP contribution in [0.15, 0.2) is 24.3 Å². The first-order chi connectivity index (χ1) is 11.7. The molecule has 26 heavy (non-hydrogen) atoms. The quantitative estimate of drug-likeness (QED) is 0.789. The minimum Gasteiger partial charge on any atom is -0.492 e. The number of amides is 1. The van der Waals surface area contributed by atoms with Gasteiger partial charge in [0, 0.05) is 37.7 Å². The molecule has 0 aliphatic carbocycles. The topological polar surface area (TPSA) is 44.8 Å². The van der Waals surface area contributed by atoms with Crippen molar-refractivity contribution >= 4 is 42.3 Å². The Balaban J connectivity index is 0.00000169. The maximum Gasteiger partial charge on any atom is 0.239 e. The lowest BCUT2D eigenvalue weighted by molar-refractivity contribution is -0.135. The lowest BCUT2D eigenvalue weighted by Crippen LogP contribution is -2.55. The molecule has 2 aliphatic rings. The Bertz CT molecular complexity index is 531. The molecule has 0 spiro atoms. The molecule has 1 amide bonds. The number of piperidine rings is 1. The fourth-order valence-electron chi connectivity index (χ4n) is 3.30. The average Bonchev–Trinajstić information content (AvgIpc) is 2.64. The van der Waals surface area contributed by atoms with Crippen LogP contribution in [-0.4, -0.2) is 67.6 Å². The van der Waals surface area contributed by atoms with Gasteiger partial charge in [-0.15, -0.1) is 24.8 Å². The van der Waals surface area contributed by atoms with Gasteiger partial charge in [-0.1, -0.05) is 18.0 Å². The summed E-state index contributed by atoms with van der Waals surface area (Å²) in [5.41, 5.74) is 0. The van der Waals surface area contributed by atoms with Gasteiger partial charge in [-0.2, -0.15) is 0 Å². The monoisotopic (exact) mass is 423 g/mol. The van der Waals surface area contributed by atoms with Gasteiger partial charge in [-0.3, -0.25) is 9.69 Å². The van der Waals surface area contributed by atoms with Crippen molar-refractivity contribution in [2.24, 2.45) is 0 Å².